The maximum Gasteiger partial charge on any atom is 0.226 e. The summed E-state index contributed by atoms with van der Waals surface area (Å²) in [5.41, 5.74) is 2.45. The predicted octanol–water partition coefficient (Wildman–Crippen LogP) is 5.39. The molecule has 0 radical (unpaired) electrons. The van der Waals surface area contributed by atoms with E-state index in [4.69, 9.17) is 4.74 Å². The molecule has 1 aromatic heterocycles. The van der Waals surface area contributed by atoms with E-state index in [1.807, 2.05) is 31.2 Å². The lowest BCUT2D eigenvalue weighted by atomic mass is 9.81. The average molecular weight is 512 g/mol. The molecule has 1 amide bonds. The first kappa shape index (κ1) is 24.3. The number of ether oxygens (including phenoxy) is 1. The fourth-order valence-corrected chi connectivity index (χ4v) is 6.11. The van der Waals surface area contributed by atoms with Crippen molar-refractivity contribution in [3.63, 3.8) is 0 Å². The number of nitrogens with zero attached hydrogens (tertiary/aromatic N) is 2. The first-order valence-electron chi connectivity index (χ1n) is 13.3. The van der Waals surface area contributed by atoms with Crippen molar-refractivity contribution in [2.24, 2.45) is 11.8 Å². The molecule has 8 heteroatoms. The first-order valence-corrected chi connectivity index (χ1v) is 13.3. The minimum absolute atomic E-state index is 0.0340. The number of aromatic amines is 1. The predicted molar refractivity (Wildman–Crippen MR) is 135 cm³/mol. The van der Waals surface area contributed by atoms with E-state index in [0.717, 1.165) is 35.7 Å². The van der Waals surface area contributed by atoms with E-state index >= 15 is 8.78 Å². The lowest BCUT2D eigenvalue weighted by Gasteiger charge is -2.44. The summed E-state index contributed by atoms with van der Waals surface area (Å²) in [6.07, 6.45) is 3.25. The fraction of sp³-hybridized carbons (Fsp3) is 0.483. The van der Waals surface area contributed by atoms with Crippen molar-refractivity contribution in [3.8, 4) is 5.75 Å². The second-order valence-corrected chi connectivity index (χ2v) is 10.8. The number of rotatable bonds is 7. The van der Waals surface area contributed by atoms with E-state index in [0.29, 0.717) is 31.7 Å². The minimum atomic E-state index is -0.882. The Balaban J connectivity index is 1.33. The van der Waals surface area contributed by atoms with Crippen molar-refractivity contribution in [2.45, 2.75) is 44.7 Å². The van der Waals surface area contributed by atoms with E-state index in [1.165, 1.54) is 12.1 Å². The van der Waals surface area contributed by atoms with Crippen LogP contribution in [0.15, 0.2) is 36.4 Å². The van der Waals surface area contributed by atoms with Gasteiger partial charge in [-0.25, -0.2) is 8.78 Å². The summed E-state index contributed by atoms with van der Waals surface area (Å²) in [4.78, 5) is 20.7. The highest BCUT2D eigenvalue weighted by Crippen LogP contribution is 2.45. The van der Waals surface area contributed by atoms with Gasteiger partial charge >= 0.3 is 0 Å². The second-order valence-electron chi connectivity index (χ2n) is 10.8. The molecule has 1 saturated heterocycles. The van der Waals surface area contributed by atoms with Crippen molar-refractivity contribution in [1.29, 1.82) is 0 Å². The summed E-state index contributed by atoms with van der Waals surface area (Å²) >= 11 is 0. The molecule has 3 aliphatic rings. The van der Waals surface area contributed by atoms with Gasteiger partial charge in [0.05, 0.1) is 12.2 Å². The molecule has 6 rings (SSSR count). The number of halogens is 3. The summed E-state index contributed by atoms with van der Waals surface area (Å²) in [6.45, 7) is 3.83. The van der Waals surface area contributed by atoms with E-state index < -0.39 is 17.7 Å². The summed E-state index contributed by atoms with van der Waals surface area (Å²) in [5, 5.41) is 1.02. The van der Waals surface area contributed by atoms with Crippen LogP contribution in [0.2, 0.25) is 0 Å². The highest BCUT2D eigenvalue weighted by atomic mass is 19.1. The molecule has 196 valence electrons. The number of alkyl halides is 1. The third-order valence-corrected chi connectivity index (χ3v) is 8.33. The maximum atomic E-state index is 15.7. The number of hydrogen-bond acceptors (Lipinski definition) is 3. The SMILES string of the molecule is C[C@@H]1Cc2c([nH]c3ccccc23)[C@@H](c2c(F)cc(OCCN3CC(CF)C3)cc2F)N1C(=O)C1CCC1. The summed E-state index contributed by atoms with van der Waals surface area (Å²) < 4.78 is 49.8. The van der Waals surface area contributed by atoms with E-state index in [9.17, 15) is 9.18 Å². The van der Waals surface area contributed by atoms with Crippen molar-refractivity contribution in [2.75, 3.05) is 32.9 Å². The molecule has 2 atom stereocenters. The smallest absolute Gasteiger partial charge is 0.226 e. The van der Waals surface area contributed by atoms with Gasteiger partial charge in [-0.3, -0.25) is 14.1 Å². The number of amides is 1. The van der Waals surface area contributed by atoms with Gasteiger partial charge in [-0.1, -0.05) is 24.6 Å². The zero-order chi connectivity index (χ0) is 25.7. The Morgan fingerprint density at radius 2 is 1.86 bits per heavy atom. The number of carbonyl (C=O) groups excluding carboxylic acids is 1. The van der Waals surface area contributed by atoms with Crippen LogP contribution in [0, 0.1) is 23.5 Å². The Bertz CT molecular complexity index is 1290. The van der Waals surface area contributed by atoms with Crippen LogP contribution in [0.25, 0.3) is 10.9 Å². The van der Waals surface area contributed by atoms with Crippen molar-refractivity contribution in [3.05, 3.63) is 64.9 Å². The summed E-state index contributed by atoms with van der Waals surface area (Å²) in [6, 6.07) is 9.17. The summed E-state index contributed by atoms with van der Waals surface area (Å²) in [5.74, 6) is -1.40. The molecule has 2 fully saturated rings. The minimum Gasteiger partial charge on any atom is -0.492 e. The number of hydrogen-bond donors (Lipinski definition) is 1. The molecule has 2 aliphatic heterocycles. The third-order valence-electron chi connectivity index (χ3n) is 8.33. The third kappa shape index (κ3) is 4.29. The van der Waals surface area contributed by atoms with Crippen LogP contribution in [0.3, 0.4) is 0 Å². The van der Waals surface area contributed by atoms with Crippen LogP contribution in [0.5, 0.6) is 5.75 Å². The van der Waals surface area contributed by atoms with Gasteiger partial charge in [0.15, 0.2) is 0 Å². The molecule has 2 aromatic carbocycles. The van der Waals surface area contributed by atoms with Crippen LogP contribution < -0.4 is 4.74 Å². The first-order chi connectivity index (χ1) is 17.9. The Hall–Kier alpha value is -3.00. The Kier molecular flexibility index (Phi) is 6.39. The second kappa shape index (κ2) is 9.71. The molecule has 1 N–H and O–H groups in total. The topological polar surface area (TPSA) is 48.6 Å². The van der Waals surface area contributed by atoms with E-state index in [-0.39, 0.29) is 48.4 Å². The average Bonchev–Trinajstić information content (AvgIpc) is 3.17. The molecule has 1 aliphatic carbocycles. The zero-order valence-electron chi connectivity index (χ0n) is 21.0. The van der Waals surface area contributed by atoms with Gasteiger partial charge in [-0.15, -0.1) is 0 Å². The van der Waals surface area contributed by atoms with E-state index in [2.05, 4.69) is 9.88 Å². The molecule has 37 heavy (non-hydrogen) atoms. The lowest BCUT2D eigenvalue weighted by molar-refractivity contribution is -0.143. The number of benzene rings is 2. The number of likely N-dealkylation sites (tertiary alicyclic amines) is 1. The molecular weight excluding hydrogens is 479 g/mol. The van der Waals surface area contributed by atoms with Crippen LogP contribution in [0.1, 0.15) is 49.0 Å². The largest absolute Gasteiger partial charge is 0.492 e. The Labute approximate surface area is 214 Å². The highest BCUT2D eigenvalue weighted by molar-refractivity contribution is 5.87. The van der Waals surface area contributed by atoms with Gasteiger partial charge in [-0.05, 0) is 37.8 Å². The molecule has 1 saturated carbocycles. The highest BCUT2D eigenvalue weighted by Gasteiger charge is 2.44. The van der Waals surface area contributed by atoms with Crippen molar-refractivity contribution >= 4 is 16.8 Å². The number of fused-ring (bicyclic) bond motifs is 3. The Morgan fingerprint density at radius 3 is 2.54 bits per heavy atom. The Morgan fingerprint density at radius 1 is 1.14 bits per heavy atom. The molecule has 3 heterocycles. The zero-order valence-corrected chi connectivity index (χ0v) is 21.0. The molecule has 0 spiro atoms. The number of nitrogens with one attached hydrogen (secondary N) is 1. The van der Waals surface area contributed by atoms with Crippen molar-refractivity contribution in [1.82, 2.24) is 14.8 Å². The fourth-order valence-electron chi connectivity index (χ4n) is 6.11. The number of aromatic nitrogens is 1. The van der Waals surface area contributed by atoms with Gasteiger partial charge in [0, 0.05) is 66.2 Å². The lowest BCUT2D eigenvalue weighted by Crippen LogP contribution is -2.50. The van der Waals surface area contributed by atoms with Crippen LogP contribution in [0.4, 0.5) is 13.2 Å². The number of carbonyl (C=O) groups is 1. The standard InChI is InChI=1S/C29H32F3N3O2/c1-17-11-22-21-7-2-3-8-25(21)33-27(22)28(35(17)29(36)19-5-4-6-19)26-23(31)12-20(13-24(26)32)37-10-9-34-15-18(14-30)16-34/h2-3,7-8,12-13,17-19,28,33H,4-6,9-11,14-16H2,1H3/t17-,28-/m1/s1. The summed E-state index contributed by atoms with van der Waals surface area (Å²) in [7, 11) is 0. The quantitative estimate of drug-likeness (QED) is 0.463. The van der Waals surface area contributed by atoms with Crippen LogP contribution in [-0.2, 0) is 11.2 Å². The molecule has 0 unspecified atom stereocenters. The molecule has 5 nitrogen and oxygen atoms in total. The maximum absolute atomic E-state index is 15.7. The van der Waals surface area contributed by atoms with Crippen LogP contribution in [-0.4, -0.2) is 59.6 Å². The van der Waals surface area contributed by atoms with Gasteiger partial charge in [0.1, 0.15) is 30.0 Å². The van der Waals surface area contributed by atoms with Gasteiger partial charge in [0.25, 0.3) is 0 Å². The molecule has 0 bridgehead atoms. The molecule has 3 aromatic rings. The van der Waals surface area contributed by atoms with Gasteiger partial charge < -0.3 is 14.6 Å². The van der Waals surface area contributed by atoms with Crippen molar-refractivity contribution < 1.29 is 22.7 Å². The van der Waals surface area contributed by atoms with Gasteiger partial charge in [0.2, 0.25) is 5.91 Å². The van der Waals surface area contributed by atoms with Gasteiger partial charge in [-0.2, -0.15) is 0 Å². The van der Waals surface area contributed by atoms with Crippen LogP contribution >= 0.6 is 0 Å². The normalized spacial score (nSPS) is 22.5. The molecular formula is C29H32F3N3O2. The monoisotopic (exact) mass is 511 g/mol. The number of para-hydroxylation sites is 1. The van der Waals surface area contributed by atoms with E-state index in [1.54, 1.807) is 4.90 Å². The number of H-pyrrole nitrogens is 1.